The van der Waals surface area contributed by atoms with Crippen LogP contribution in [0.5, 0.6) is 0 Å². The van der Waals surface area contributed by atoms with Crippen LogP contribution in [0.15, 0.2) is 0 Å². The highest BCUT2D eigenvalue weighted by Crippen LogP contribution is 2.40. The van der Waals surface area contributed by atoms with Gasteiger partial charge in [-0.15, -0.1) is 0 Å². The third-order valence-electron chi connectivity index (χ3n) is 9.03. The lowest BCUT2D eigenvalue weighted by atomic mass is 9.77. The first kappa shape index (κ1) is 30.4. The highest BCUT2D eigenvalue weighted by Gasteiger charge is 2.54. The van der Waals surface area contributed by atoms with E-state index in [-0.39, 0.29) is 36.1 Å². The van der Waals surface area contributed by atoms with Crippen LogP contribution < -0.4 is 0 Å². The number of cyclic esters (lactones) is 1. The lowest BCUT2D eigenvalue weighted by molar-refractivity contribution is -0.234. The normalized spacial score (nSPS) is 48.2. The van der Waals surface area contributed by atoms with E-state index in [9.17, 15) is 19.8 Å². The number of fused-ring (bicyclic) bond motifs is 1. The van der Waals surface area contributed by atoms with Crippen molar-refractivity contribution in [2.75, 3.05) is 14.1 Å². The number of carbonyl (C=O) groups is 2. The van der Waals surface area contributed by atoms with E-state index in [1.165, 1.54) is 0 Å². The third-order valence-corrected chi connectivity index (χ3v) is 9.03. The van der Waals surface area contributed by atoms with Crippen LogP contribution in [0.3, 0.4) is 0 Å². The van der Waals surface area contributed by atoms with Gasteiger partial charge < -0.3 is 34.1 Å². The van der Waals surface area contributed by atoms with Crippen LogP contribution in [0.25, 0.3) is 0 Å². The van der Waals surface area contributed by atoms with Crippen molar-refractivity contribution in [1.29, 1.82) is 0 Å². The maximum absolute atomic E-state index is 13.4. The maximum atomic E-state index is 13.4. The average molecular weight is 528 g/mol. The standard InChI is InChI=1S/C28H49NO8/c1-10-20-15(4)24(32)16(5)22(30)13(2)11-14(3)23(31)17(6)25(18(7)27(33)34-20)35-21-12-19(29(8)9)26-28(36-21)37-26/h13-21,23-26,28,31-32H,10-12H2,1-9H3/t13-,14+,15+,16+,17-,18-,19?,20-,21-,23+,24+,25+,26?,28-/m1/s1. The summed E-state index contributed by atoms with van der Waals surface area (Å²) in [4.78, 5) is 28.7. The van der Waals surface area contributed by atoms with E-state index < -0.39 is 60.3 Å². The summed E-state index contributed by atoms with van der Waals surface area (Å²) < 4.78 is 24.0. The summed E-state index contributed by atoms with van der Waals surface area (Å²) in [6.45, 7) is 12.9. The minimum Gasteiger partial charge on any atom is -0.462 e. The number of likely N-dealkylation sites (N-methyl/N-ethyl adjacent to an activating group) is 1. The summed E-state index contributed by atoms with van der Waals surface area (Å²) in [6, 6.07) is 0.129. The molecule has 3 heterocycles. The molecule has 9 heteroatoms. The molecule has 0 aromatic heterocycles. The van der Waals surface area contributed by atoms with E-state index in [0.29, 0.717) is 19.3 Å². The lowest BCUT2D eigenvalue weighted by Crippen LogP contribution is -2.49. The molecule has 0 bridgehead atoms. The SMILES string of the molecule is CC[C@H]1OC(=O)[C@H](C)[C@@H](O[C@H]2CC(N(C)C)C3O[C@H]3O2)[C@H](C)[C@@H](O)[C@@H](C)C[C@@H](C)C(=O)[C@H](C)[C@@H](O)[C@H]1C. The molecule has 14 atom stereocenters. The summed E-state index contributed by atoms with van der Waals surface area (Å²) in [5.74, 6) is -3.19. The smallest absolute Gasteiger partial charge is 0.311 e. The van der Waals surface area contributed by atoms with Gasteiger partial charge in [-0.25, -0.2) is 0 Å². The molecule has 0 saturated carbocycles. The molecule has 3 saturated heterocycles. The molecule has 0 amide bonds. The van der Waals surface area contributed by atoms with E-state index in [2.05, 4.69) is 4.90 Å². The Labute approximate surface area is 222 Å². The number of esters is 1. The van der Waals surface area contributed by atoms with Gasteiger partial charge in [0.05, 0.1) is 24.2 Å². The Kier molecular flexibility index (Phi) is 10.2. The molecular formula is C28H49NO8. The van der Waals surface area contributed by atoms with Crippen LogP contribution in [-0.4, -0.2) is 90.1 Å². The van der Waals surface area contributed by atoms with E-state index in [0.717, 1.165) is 0 Å². The van der Waals surface area contributed by atoms with Gasteiger partial charge in [-0.3, -0.25) is 9.59 Å². The zero-order valence-corrected chi connectivity index (χ0v) is 24.0. The molecule has 3 aliphatic rings. The molecule has 0 aliphatic carbocycles. The van der Waals surface area contributed by atoms with Gasteiger partial charge in [-0.2, -0.15) is 0 Å². The maximum Gasteiger partial charge on any atom is 0.311 e. The fourth-order valence-electron chi connectivity index (χ4n) is 6.26. The summed E-state index contributed by atoms with van der Waals surface area (Å²) in [6.07, 6.45) is -2.35. The molecule has 2 N–H and O–H groups in total. The van der Waals surface area contributed by atoms with Crippen LogP contribution in [0.1, 0.15) is 67.7 Å². The van der Waals surface area contributed by atoms with Crippen molar-refractivity contribution in [3.05, 3.63) is 0 Å². The second-order valence-electron chi connectivity index (χ2n) is 12.1. The number of ketones is 1. The molecule has 37 heavy (non-hydrogen) atoms. The fraction of sp³-hybridized carbons (Fsp3) is 0.929. The van der Waals surface area contributed by atoms with Crippen molar-refractivity contribution in [3.8, 4) is 0 Å². The Hall–Kier alpha value is -1.10. The number of hydrogen-bond acceptors (Lipinski definition) is 9. The Morgan fingerprint density at radius 2 is 1.57 bits per heavy atom. The first-order valence-corrected chi connectivity index (χ1v) is 14.0. The van der Waals surface area contributed by atoms with Gasteiger partial charge in [0.15, 0.2) is 12.6 Å². The van der Waals surface area contributed by atoms with E-state index in [4.69, 9.17) is 18.9 Å². The van der Waals surface area contributed by atoms with Gasteiger partial charge in [0.2, 0.25) is 0 Å². The van der Waals surface area contributed by atoms with Gasteiger partial charge in [0.1, 0.15) is 18.0 Å². The number of carbonyl (C=O) groups excluding carboxylic acids is 2. The van der Waals surface area contributed by atoms with Crippen molar-refractivity contribution in [2.45, 2.75) is 117 Å². The largest absolute Gasteiger partial charge is 0.462 e. The van der Waals surface area contributed by atoms with Crippen LogP contribution >= 0.6 is 0 Å². The van der Waals surface area contributed by atoms with Gasteiger partial charge >= 0.3 is 5.97 Å². The predicted molar refractivity (Wildman–Crippen MR) is 137 cm³/mol. The summed E-state index contributed by atoms with van der Waals surface area (Å²) >= 11 is 0. The number of rotatable bonds is 4. The van der Waals surface area contributed by atoms with Crippen molar-refractivity contribution >= 4 is 11.8 Å². The van der Waals surface area contributed by atoms with Gasteiger partial charge in [-0.1, -0.05) is 41.5 Å². The number of Topliss-reactive ketones (excluding diaryl/α,β-unsaturated/α-hetero) is 1. The van der Waals surface area contributed by atoms with E-state index in [1.807, 2.05) is 48.7 Å². The second kappa shape index (κ2) is 12.4. The first-order valence-electron chi connectivity index (χ1n) is 14.0. The molecule has 0 aromatic carbocycles. The molecule has 3 rings (SSSR count). The third kappa shape index (κ3) is 6.73. The number of ether oxygens (including phenoxy) is 4. The van der Waals surface area contributed by atoms with Crippen LogP contribution in [0.2, 0.25) is 0 Å². The molecule has 0 spiro atoms. The number of epoxide rings is 1. The summed E-state index contributed by atoms with van der Waals surface area (Å²) in [5.41, 5.74) is 0. The number of aliphatic hydroxyl groups is 2. The van der Waals surface area contributed by atoms with Crippen LogP contribution in [0.4, 0.5) is 0 Å². The molecular weight excluding hydrogens is 478 g/mol. The second-order valence-corrected chi connectivity index (χ2v) is 12.1. The molecule has 9 nitrogen and oxygen atoms in total. The van der Waals surface area contributed by atoms with Gasteiger partial charge in [-0.05, 0) is 39.8 Å². The summed E-state index contributed by atoms with van der Waals surface area (Å²) in [5, 5.41) is 22.4. The quantitative estimate of drug-likeness (QED) is 0.420. The van der Waals surface area contributed by atoms with Crippen LogP contribution in [-0.2, 0) is 28.5 Å². The minimum absolute atomic E-state index is 0.0175. The highest BCUT2D eigenvalue weighted by atomic mass is 16.8. The van der Waals surface area contributed by atoms with Gasteiger partial charge in [0.25, 0.3) is 0 Å². The summed E-state index contributed by atoms with van der Waals surface area (Å²) in [7, 11) is 3.98. The number of hydrogen-bond donors (Lipinski definition) is 2. The molecule has 214 valence electrons. The zero-order chi connectivity index (χ0) is 27.8. The molecule has 3 aliphatic heterocycles. The first-order chi connectivity index (χ1) is 17.3. The molecule has 3 fully saturated rings. The van der Waals surface area contributed by atoms with Crippen molar-refractivity contribution in [3.63, 3.8) is 0 Å². The zero-order valence-electron chi connectivity index (χ0n) is 24.0. The van der Waals surface area contributed by atoms with Crippen molar-refractivity contribution in [1.82, 2.24) is 4.90 Å². The average Bonchev–Trinajstić information content (AvgIpc) is 3.65. The Morgan fingerprint density at radius 1 is 0.919 bits per heavy atom. The van der Waals surface area contributed by atoms with Gasteiger partial charge in [0, 0.05) is 36.1 Å². The molecule has 0 aromatic rings. The molecule has 2 unspecified atom stereocenters. The Balaban J connectivity index is 1.89. The van der Waals surface area contributed by atoms with E-state index >= 15 is 0 Å². The Bertz CT molecular complexity index is 792. The Morgan fingerprint density at radius 3 is 2.16 bits per heavy atom. The minimum atomic E-state index is -0.942. The number of nitrogens with zero attached hydrogens (tertiary/aromatic N) is 1. The highest BCUT2D eigenvalue weighted by molar-refractivity contribution is 5.83. The van der Waals surface area contributed by atoms with Crippen molar-refractivity contribution < 1.29 is 38.7 Å². The number of aliphatic hydroxyl groups excluding tert-OH is 2. The van der Waals surface area contributed by atoms with E-state index in [1.54, 1.807) is 13.8 Å². The lowest BCUT2D eigenvalue weighted by Gasteiger charge is -2.39. The predicted octanol–water partition coefficient (Wildman–Crippen LogP) is 2.61. The fourth-order valence-corrected chi connectivity index (χ4v) is 6.26. The molecule has 0 radical (unpaired) electrons. The van der Waals surface area contributed by atoms with Crippen LogP contribution in [0, 0.1) is 35.5 Å². The monoisotopic (exact) mass is 527 g/mol. The topological polar surface area (TPSA) is 118 Å². The van der Waals surface area contributed by atoms with Crippen molar-refractivity contribution in [2.24, 2.45) is 35.5 Å².